The molecular weight excluding hydrogens is 322 g/mol. The topological polar surface area (TPSA) is 54.5 Å². The van der Waals surface area contributed by atoms with Crippen LogP contribution in [-0.2, 0) is 21.1 Å². The second-order valence-electron chi connectivity index (χ2n) is 7.36. The van der Waals surface area contributed by atoms with E-state index in [2.05, 4.69) is 18.2 Å². The van der Waals surface area contributed by atoms with Gasteiger partial charge in [-0.05, 0) is 55.6 Å². The van der Waals surface area contributed by atoms with Crippen LogP contribution in [0.25, 0.3) is 0 Å². The van der Waals surface area contributed by atoms with Crippen LogP contribution in [0, 0.1) is 0 Å². The molecule has 3 rings (SSSR count). The lowest BCUT2D eigenvalue weighted by Gasteiger charge is -2.31. The number of rotatable bonds is 4. The quantitative estimate of drug-likeness (QED) is 0.840. The number of hydrogen-bond donors (Lipinski definition) is 0. The van der Waals surface area contributed by atoms with Crippen molar-refractivity contribution in [2.75, 3.05) is 13.3 Å². The summed E-state index contributed by atoms with van der Waals surface area (Å²) in [6, 6.07) is 8.24. The zero-order valence-corrected chi connectivity index (χ0v) is 15.4. The van der Waals surface area contributed by atoms with E-state index in [1.807, 2.05) is 6.07 Å². The third-order valence-electron chi connectivity index (χ3n) is 5.77. The summed E-state index contributed by atoms with van der Waals surface area (Å²) in [5, 5.41) is -0.398. The number of aryl methyl sites for hydroxylation is 1. The first-order valence-corrected chi connectivity index (χ1v) is 10.9. The highest BCUT2D eigenvalue weighted by molar-refractivity contribution is 7.91. The fraction of sp³-hybridized carbons (Fsp3) is 0.632. The Hall–Kier alpha value is -1.36. The molecule has 0 unspecified atom stereocenters. The molecule has 1 saturated carbocycles. The van der Waals surface area contributed by atoms with Crippen molar-refractivity contribution in [2.24, 2.45) is 0 Å². The molecule has 132 valence electrons. The van der Waals surface area contributed by atoms with E-state index in [0.717, 1.165) is 32.1 Å². The molecule has 24 heavy (non-hydrogen) atoms. The number of benzene rings is 1. The minimum Gasteiger partial charge on any atom is -0.341 e. The summed E-state index contributed by atoms with van der Waals surface area (Å²) in [7, 11) is -1.32. The molecule has 2 aliphatic carbocycles. The maximum absolute atomic E-state index is 12.8. The van der Waals surface area contributed by atoms with Crippen molar-refractivity contribution in [3.8, 4) is 0 Å². The lowest BCUT2D eigenvalue weighted by Crippen LogP contribution is -2.44. The van der Waals surface area contributed by atoms with Gasteiger partial charge in [0.25, 0.3) is 0 Å². The Labute approximate surface area is 145 Å². The van der Waals surface area contributed by atoms with Gasteiger partial charge in [0, 0.05) is 25.8 Å². The number of nitrogens with zero attached hydrogens (tertiary/aromatic N) is 1. The van der Waals surface area contributed by atoms with Crippen LogP contribution in [0.2, 0.25) is 0 Å². The standard InChI is InChI=1S/C19H27NO3S/c1-20(17-11-6-12-18(17)24(2,22)23)19(21)13-15-9-5-8-14-7-3-4-10-16(14)15/h3-4,7,10,15,17-18H,5-6,8-9,11-13H2,1-2H3/t15-,17-,18-/m0/s1. The highest BCUT2D eigenvalue weighted by Crippen LogP contribution is 2.35. The van der Waals surface area contributed by atoms with Gasteiger partial charge in [-0.25, -0.2) is 8.42 Å². The van der Waals surface area contributed by atoms with Gasteiger partial charge in [-0.2, -0.15) is 0 Å². The predicted octanol–water partition coefficient (Wildman–Crippen LogP) is 2.92. The molecule has 0 spiro atoms. The van der Waals surface area contributed by atoms with Crippen LogP contribution in [0.1, 0.15) is 55.6 Å². The van der Waals surface area contributed by atoms with Crippen molar-refractivity contribution >= 4 is 15.7 Å². The number of amides is 1. The van der Waals surface area contributed by atoms with Crippen molar-refractivity contribution in [1.82, 2.24) is 4.90 Å². The van der Waals surface area contributed by atoms with Gasteiger partial charge >= 0.3 is 0 Å². The number of carbonyl (C=O) groups excluding carboxylic acids is 1. The smallest absolute Gasteiger partial charge is 0.223 e. The maximum Gasteiger partial charge on any atom is 0.223 e. The van der Waals surface area contributed by atoms with Crippen LogP contribution in [0.3, 0.4) is 0 Å². The van der Waals surface area contributed by atoms with Gasteiger partial charge in [0.1, 0.15) is 0 Å². The third-order valence-corrected chi connectivity index (χ3v) is 7.42. The molecule has 0 radical (unpaired) electrons. The highest BCUT2D eigenvalue weighted by atomic mass is 32.2. The van der Waals surface area contributed by atoms with Crippen LogP contribution in [-0.4, -0.2) is 43.8 Å². The van der Waals surface area contributed by atoms with Gasteiger partial charge in [0.2, 0.25) is 5.91 Å². The van der Waals surface area contributed by atoms with Crippen LogP contribution < -0.4 is 0 Å². The molecule has 0 N–H and O–H groups in total. The Morgan fingerprint density at radius 2 is 1.92 bits per heavy atom. The van der Waals surface area contributed by atoms with E-state index in [9.17, 15) is 13.2 Å². The average molecular weight is 349 g/mol. The molecule has 2 aliphatic rings. The van der Waals surface area contributed by atoms with Crippen molar-refractivity contribution < 1.29 is 13.2 Å². The Morgan fingerprint density at radius 1 is 1.17 bits per heavy atom. The first-order chi connectivity index (χ1) is 11.4. The summed E-state index contributed by atoms with van der Waals surface area (Å²) in [5.74, 6) is 0.347. The SMILES string of the molecule is CN(C(=O)C[C@@H]1CCCc2ccccc21)[C@H]1CCC[C@@H]1S(C)(=O)=O. The molecule has 0 aromatic heterocycles. The fourth-order valence-electron chi connectivity index (χ4n) is 4.46. The molecule has 1 fully saturated rings. The molecule has 0 aliphatic heterocycles. The minimum absolute atomic E-state index is 0.0808. The molecule has 4 nitrogen and oxygen atoms in total. The molecule has 5 heteroatoms. The Bertz CT molecular complexity index is 713. The fourth-order valence-corrected chi connectivity index (χ4v) is 5.94. The van der Waals surface area contributed by atoms with E-state index >= 15 is 0 Å². The van der Waals surface area contributed by atoms with Gasteiger partial charge in [0.05, 0.1) is 5.25 Å². The maximum atomic E-state index is 12.8. The highest BCUT2D eigenvalue weighted by Gasteiger charge is 2.39. The van der Waals surface area contributed by atoms with Crippen molar-refractivity contribution in [2.45, 2.75) is 62.2 Å². The Kier molecular flexibility index (Phi) is 5.00. The molecule has 1 amide bonds. The summed E-state index contributed by atoms with van der Waals surface area (Å²) in [4.78, 5) is 14.5. The average Bonchev–Trinajstić information content (AvgIpc) is 3.04. The minimum atomic E-state index is -3.11. The monoisotopic (exact) mass is 349 g/mol. The molecule has 1 aromatic rings. The molecule has 1 aromatic carbocycles. The summed E-state index contributed by atoms with van der Waals surface area (Å²) >= 11 is 0. The van der Waals surface area contributed by atoms with E-state index < -0.39 is 15.1 Å². The molecule has 3 atom stereocenters. The lowest BCUT2D eigenvalue weighted by molar-refractivity contribution is -0.132. The molecule has 0 saturated heterocycles. The number of carbonyl (C=O) groups is 1. The molecule has 0 bridgehead atoms. The van der Waals surface area contributed by atoms with Crippen LogP contribution in [0.4, 0.5) is 0 Å². The zero-order chi connectivity index (χ0) is 17.3. The van der Waals surface area contributed by atoms with Gasteiger partial charge in [-0.3, -0.25) is 4.79 Å². The third kappa shape index (κ3) is 3.51. The van der Waals surface area contributed by atoms with Gasteiger partial charge in [-0.1, -0.05) is 24.3 Å². The van der Waals surface area contributed by atoms with Gasteiger partial charge < -0.3 is 4.90 Å². The van der Waals surface area contributed by atoms with Crippen molar-refractivity contribution in [3.63, 3.8) is 0 Å². The van der Waals surface area contributed by atoms with E-state index in [1.54, 1.807) is 11.9 Å². The van der Waals surface area contributed by atoms with Crippen molar-refractivity contribution in [3.05, 3.63) is 35.4 Å². The normalized spacial score (nSPS) is 26.8. The zero-order valence-electron chi connectivity index (χ0n) is 14.6. The first kappa shape index (κ1) is 17.5. The van der Waals surface area contributed by atoms with E-state index in [-0.39, 0.29) is 17.9 Å². The van der Waals surface area contributed by atoms with E-state index in [4.69, 9.17) is 0 Å². The summed E-state index contributed by atoms with van der Waals surface area (Å²) in [6.45, 7) is 0. The van der Waals surface area contributed by atoms with E-state index in [0.29, 0.717) is 12.8 Å². The van der Waals surface area contributed by atoms with Crippen LogP contribution >= 0.6 is 0 Å². The van der Waals surface area contributed by atoms with Gasteiger partial charge in [-0.15, -0.1) is 0 Å². The van der Waals surface area contributed by atoms with Gasteiger partial charge in [0.15, 0.2) is 9.84 Å². The Balaban J connectivity index is 1.71. The predicted molar refractivity (Wildman–Crippen MR) is 95.8 cm³/mol. The summed E-state index contributed by atoms with van der Waals surface area (Å²) in [5.41, 5.74) is 2.66. The number of fused-ring (bicyclic) bond motifs is 1. The molecule has 0 heterocycles. The van der Waals surface area contributed by atoms with Crippen LogP contribution in [0.5, 0.6) is 0 Å². The second-order valence-corrected chi connectivity index (χ2v) is 9.63. The van der Waals surface area contributed by atoms with E-state index in [1.165, 1.54) is 17.4 Å². The molecular formula is C19H27NO3S. The number of sulfone groups is 1. The van der Waals surface area contributed by atoms with Crippen molar-refractivity contribution in [1.29, 1.82) is 0 Å². The summed E-state index contributed by atoms with van der Waals surface area (Å²) in [6.07, 6.45) is 7.38. The number of hydrogen-bond acceptors (Lipinski definition) is 3. The first-order valence-electron chi connectivity index (χ1n) is 8.90. The summed E-state index contributed by atoms with van der Waals surface area (Å²) < 4.78 is 24.0. The van der Waals surface area contributed by atoms with Crippen LogP contribution in [0.15, 0.2) is 24.3 Å². The largest absolute Gasteiger partial charge is 0.341 e. The lowest BCUT2D eigenvalue weighted by atomic mass is 9.81. The Morgan fingerprint density at radius 3 is 2.67 bits per heavy atom. The second kappa shape index (κ2) is 6.87.